The molecular weight excluding hydrogens is 566 g/mol. The summed E-state index contributed by atoms with van der Waals surface area (Å²) in [5, 5.41) is 28.2. The Labute approximate surface area is 258 Å². The zero-order valence-corrected chi connectivity index (χ0v) is 26.3. The highest BCUT2D eigenvalue weighted by Crippen LogP contribution is 2.41. The molecule has 234 valence electrons. The Balaban J connectivity index is 1.64. The molecule has 2 aliphatic rings. The van der Waals surface area contributed by atoms with Gasteiger partial charge in [-0.2, -0.15) is 0 Å². The summed E-state index contributed by atoms with van der Waals surface area (Å²) in [6, 6.07) is 15.5. The van der Waals surface area contributed by atoms with Gasteiger partial charge < -0.3 is 30.5 Å². The van der Waals surface area contributed by atoms with Crippen LogP contribution in [0.1, 0.15) is 76.5 Å². The van der Waals surface area contributed by atoms with Gasteiger partial charge in [-0.3, -0.25) is 14.4 Å². The number of rotatable bonds is 12. The highest BCUT2D eigenvalue weighted by molar-refractivity contribution is 8.00. The SMILES string of the molecule is CCCCC(c1ccccc1)[C@@H](C[C@H](O)C(=O)N1CSC(C)(C)[C@H]1C(=O)NCC)C(=O)N[C@H]1c2ccccc2OC[C@H]1O. The fourth-order valence-electron chi connectivity index (χ4n) is 6.18. The standard InChI is InChI=1S/C33H45N3O6S/c1-5-7-15-22(21-13-9-8-10-14-21)24(30(39)35-28-23-16-11-12-17-27(23)42-19-26(28)38)18-25(37)32(41)36-20-43-33(3,4)29(36)31(40)34-6-2/h8-14,16-17,22,24-26,28-29,37-38H,5-7,15,18-20H2,1-4H3,(H,34,40)(H,35,39)/t22?,24-,25+,26-,28+,29-/m1/s1. The number of aliphatic hydroxyl groups excluding tert-OH is 2. The molecule has 1 unspecified atom stereocenters. The van der Waals surface area contributed by atoms with Crippen molar-refractivity contribution in [1.29, 1.82) is 0 Å². The van der Waals surface area contributed by atoms with E-state index < -0.39 is 40.9 Å². The number of hydrogen-bond donors (Lipinski definition) is 4. The highest BCUT2D eigenvalue weighted by atomic mass is 32.2. The Morgan fingerprint density at radius 2 is 1.79 bits per heavy atom. The molecule has 6 atom stereocenters. The number of carbonyl (C=O) groups excluding carboxylic acids is 3. The maximum absolute atomic E-state index is 14.2. The van der Waals surface area contributed by atoms with E-state index in [9.17, 15) is 24.6 Å². The van der Waals surface area contributed by atoms with Gasteiger partial charge in [0.05, 0.1) is 11.9 Å². The molecule has 2 aromatic rings. The number of hydrogen-bond acceptors (Lipinski definition) is 7. The van der Waals surface area contributed by atoms with Gasteiger partial charge in [0.25, 0.3) is 5.91 Å². The highest BCUT2D eigenvalue weighted by Gasteiger charge is 2.49. The van der Waals surface area contributed by atoms with Crippen molar-refractivity contribution in [3.63, 3.8) is 0 Å². The van der Waals surface area contributed by atoms with Crippen LogP contribution in [0, 0.1) is 5.92 Å². The number of carbonyl (C=O) groups is 3. The number of nitrogens with one attached hydrogen (secondary N) is 2. The number of nitrogens with zero attached hydrogens (tertiary/aromatic N) is 1. The predicted molar refractivity (Wildman–Crippen MR) is 168 cm³/mol. The number of likely N-dealkylation sites (N-methyl/N-ethyl adjacent to an activating group) is 1. The Morgan fingerprint density at radius 3 is 2.49 bits per heavy atom. The van der Waals surface area contributed by atoms with Gasteiger partial charge in [-0.05, 0) is 51.2 Å². The maximum atomic E-state index is 14.2. The monoisotopic (exact) mass is 611 g/mol. The van der Waals surface area contributed by atoms with Gasteiger partial charge in [0, 0.05) is 22.8 Å². The van der Waals surface area contributed by atoms with Gasteiger partial charge in [0.2, 0.25) is 11.8 Å². The molecule has 0 spiro atoms. The van der Waals surface area contributed by atoms with Crippen molar-refractivity contribution in [3.8, 4) is 5.75 Å². The van der Waals surface area contributed by atoms with E-state index in [0.717, 1.165) is 18.4 Å². The second-order valence-corrected chi connectivity index (χ2v) is 13.5. The lowest BCUT2D eigenvalue weighted by Gasteiger charge is -2.35. The van der Waals surface area contributed by atoms with E-state index in [1.165, 1.54) is 16.7 Å². The summed E-state index contributed by atoms with van der Waals surface area (Å²) in [4.78, 5) is 42.4. The first kappa shape index (κ1) is 32.8. The molecule has 9 nitrogen and oxygen atoms in total. The van der Waals surface area contributed by atoms with Crippen LogP contribution >= 0.6 is 11.8 Å². The molecular formula is C33H45N3O6S. The van der Waals surface area contributed by atoms with Crippen LogP contribution in [0.4, 0.5) is 0 Å². The molecule has 3 amide bonds. The maximum Gasteiger partial charge on any atom is 0.252 e. The van der Waals surface area contributed by atoms with E-state index in [1.807, 2.05) is 69.3 Å². The second-order valence-electron chi connectivity index (χ2n) is 11.9. The zero-order chi connectivity index (χ0) is 31.1. The summed E-state index contributed by atoms with van der Waals surface area (Å²) in [6.45, 7) is 8.21. The summed E-state index contributed by atoms with van der Waals surface area (Å²) in [5.41, 5.74) is 1.62. The zero-order valence-electron chi connectivity index (χ0n) is 25.5. The third-order valence-electron chi connectivity index (χ3n) is 8.46. The molecule has 0 bridgehead atoms. The summed E-state index contributed by atoms with van der Waals surface area (Å²) < 4.78 is 5.13. The van der Waals surface area contributed by atoms with Gasteiger partial charge in [0.15, 0.2) is 0 Å². The van der Waals surface area contributed by atoms with Gasteiger partial charge >= 0.3 is 0 Å². The average Bonchev–Trinajstić information content (AvgIpc) is 3.32. The molecule has 10 heteroatoms. The van der Waals surface area contributed by atoms with Crippen LogP contribution < -0.4 is 15.4 Å². The normalized spacial score (nSPS) is 22.9. The van der Waals surface area contributed by atoms with Crippen LogP contribution in [-0.2, 0) is 14.4 Å². The van der Waals surface area contributed by atoms with E-state index >= 15 is 0 Å². The number of aliphatic hydroxyl groups is 2. The summed E-state index contributed by atoms with van der Waals surface area (Å²) in [7, 11) is 0. The summed E-state index contributed by atoms with van der Waals surface area (Å²) in [6.07, 6.45) is -0.133. The van der Waals surface area contributed by atoms with E-state index in [4.69, 9.17) is 4.74 Å². The Bertz CT molecular complexity index is 1260. The molecule has 0 aliphatic carbocycles. The smallest absolute Gasteiger partial charge is 0.252 e. The lowest BCUT2D eigenvalue weighted by Crippen LogP contribution is -2.55. The topological polar surface area (TPSA) is 128 Å². The molecule has 4 rings (SSSR count). The molecule has 2 aliphatic heterocycles. The largest absolute Gasteiger partial charge is 0.490 e. The minimum absolute atomic E-state index is 0.0370. The van der Waals surface area contributed by atoms with Crippen molar-refractivity contribution < 1.29 is 29.3 Å². The van der Waals surface area contributed by atoms with Crippen molar-refractivity contribution in [3.05, 3.63) is 65.7 Å². The van der Waals surface area contributed by atoms with Crippen molar-refractivity contribution in [2.45, 2.75) is 88.3 Å². The molecule has 43 heavy (non-hydrogen) atoms. The number of fused-ring (bicyclic) bond motifs is 1. The Kier molecular flexibility index (Phi) is 11.1. The van der Waals surface area contributed by atoms with Crippen LogP contribution in [0.15, 0.2) is 54.6 Å². The molecule has 4 N–H and O–H groups in total. The molecule has 0 saturated carbocycles. The number of benzene rings is 2. The fraction of sp³-hybridized carbons (Fsp3) is 0.545. The predicted octanol–water partition coefficient (Wildman–Crippen LogP) is 3.75. The molecule has 2 aromatic carbocycles. The number of thioether (sulfide) groups is 1. The molecule has 1 saturated heterocycles. The number of unbranched alkanes of at least 4 members (excludes halogenated alkanes) is 1. The van der Waals surface area contributed by atoms with Crippen molar-refractivity contribution in [2.75, 3.05) is 19.0 Å². The van der Waals surface area contributed by atoms with Crippen molar-refractivity contribution in [1.82, 2.24) is 15.5 Å². The van der Waals surface area contributed by atoms with Crippen molar-refractivity contribution in [2.24, 2.45) is 5.92 Å². The third kappa shape index (κ3) is 7.53. The van der Waals surface area contributed by atoms with E-state index in [2.05, 4.69) is 17.6 Å². The van der Waals surface area contributed by atoms with Crippen LogP contribution in [-0.4, -0.2) is 74.9 Å². The first-order valence-corrected chi connectivity index (χ1v) is 16.2. The quantitative estimate of drug-likeness (QED) is 0.288. The van der Waals surface area contributed by atoms with Crippen molar-refractivity contribution >= 4 is 29.5 Å². The Hall–Kier alpha value is -3.08. The number of para-hydroxylation sites is 1. The first-order valence-electron chi connectivity index (χ1n) is 15.2. The molecule has 0 aromatic heterocycles. The summed E-state index contributed by atoms with van der Waals surface area (Å²) >= 11 is 1.49. The van der Waals surface area contributed by atoms with Crippen LogP contribution in [0.25, 0.3) is 0 Å². The molecule has 0 radical (unpaired) electrons. The number of amides is 3. The lowest BCUT2D eigenvalue weighted by atomic mass is 9.78. The van der Waals surface area contributed by atoms with E-state index in [0.29, 0.717) is 24.3 Å². The number of ether oxygens (including phenoxy) is 1. The second kappa shape index (κ2) is 14.6. The minimum Gasteiger partial charge on any atom is -0.490 e. The minimum atomic E-state index is -1.50. The van der Waals surface area contributed by atoms with Crippen LogP contribution in [0.2, 0.25) is 0 Å². The van der Waals surface area contributed by atoms with Gasteiger partial charge in [-0.1, -0.05) is 68.3 Å². The lowest BCUT2D eigenvalue weighted by molar-refractivity contribution is -0.147. The van der Waals surface area contributed by atoms with Gasteiger partial charge in [-0.15, -0.1) is 11.8 Å². The van der Waals surface area contributed by atoms with Crippen LogP contribution in [0.3, 0.4) is 0 Å². The van der Waals surface area contributed by atoms with Gasteiger partial charge in [-0.25, -0.2) is 0 Å². The average molecular weight is 612 g/mol. The fourth-order valence-corrected chi connectivity index (χ4v) is 7.32. The molecule has 2 heterocycles. The molecule has 1 fully saturated rings. The first-order chi connectivity index (χ1) is 20.6. The van der Waals surface area contributed by atoms with Crippen LogP contribution in [0.5, 0.6) is 5.75 Å². The summed E-state index contributed by atoms with van der Waals surface area (Å²) in [5.74, 6) is -1.36. The van der Waals surface area contributed by atoms with Gasteiger partial charge in [0.1, 0.15) is 30.6 Å². The Morgan fingerprint density at radius 1 is 1.09 bits per heavy atom. The third-order valence-corrected chi connectivity index (χ3v) is 9.83. The van der Waals surface area contributed by atoms with E-state index in [1.54, 1.807) is 6.07 Å². The van der Waals surface area contributed by atoms with E-state index in [-0.39, 0.29) is 36.6 Å².